The van der Waals surface area contributed by atoms with Crippen LogP contribution in [0.4, 0.5) is 8.78 Å². The van der Waals surface area contributed by atoms with E-state index in [0.717, 1.165) is 12.1 Å². The topological polar surface area (TPSA) is 29.5 Å². The number of hydrogen-bond acceptors (Lipinski definition) is 2. The van der Waals surface area contributed by atoms with Crippen molar-refractivity contribution in [3.05, 3.63) is 63.1 Å². The first kappa shape index (κ1) is 15.0. The van der Waals surface area contributed by atoms with E-state index in [0.29, 0.717) is 11.3 Å². The molecule has 0 aromatic heterocycles. The molecule has 0 amide bonds. The summed E-state index contributed by atoms with van der Waals surface area (Å²) in [6.07, 6.45) is -1.36. The van der Waals surface area contributed by atoms with Gasteiger partial charge in [-0.3, -0.25) is 0 Å². The lowest BCUT2D eigenvalue weighted by Gasteiger charge is -2.14. The molecule has 20 heavy (non-hydrogen) atoms. The fraction of sp³-hybridized carbons (Fsp3) is 0.143. The lowest BCUT2D eigenvalue weighted by atomic mass is 10.0. The Morgan fingerprint density at radius 1 is 1.05 bits per heavy atom. The maximum Gasteiger partial charge on any atom is 0.142 e. The molecule has 106 valence electrons. The zero-order chi connectivity index (χ0) is 14.9. The van der Waals surface area contributed by atoms with Crippen LogP contribution in [0.25, 0.3) is 0 Å². The molecule has 1 atom stereocenters. The third-order valence-electron chi connectivity index (χ3n) is 2.83. The highest BCUT2D eigenvalue weighted by Gasteiger charge is 2.19. The van der Waals surface area contributed by atoms with Crippen molar-refractivity contribution in [1.82, 2.24) is 0 Å². The number of halogens is 4. The van der Waals surface area contributed by atoms with Gasteiger partial charge in [-0.05, 0) is 29.8 Å². The Kier molecular flexibility index (Phi) is 4.48. The minimum atomic E-state index is -1.36. The van der Waals surface area contributed by atoms with Crippen LogP contribution in [0.2, 0.25) is 10.0 Å². The molecule has 0 saturated carbocycles. The van der Waals surface area contributed by atoms with Gasteiger partial charge >= 0.3 is 0 Å². The molecule has 2 rings (SSSR count). The summed E-state index contributed by atoms with van der Waals surface area (Å²) in [6, 6.07) is 6.16. The van der Waals surface area contributed by atoms with Crippen LogP contribution in [0.3, 0.4) is 0 Å². The number of rotatable bonds is 3. The second-order valence-electron chi connectivity index (χ2n) is 4.08. The Hall–Kier alpha value is -1.36. The quantitative estimate of drug-likeness (QED) is 0.852. The molecule has 0 fully saturated rings. The summed E-state index contributed by atoms with van der Waals surface area (Å²) in [6.45, 7) is 0. The van der Waals surface area contributed by atoms with Gasteiger partial charge in [-0.15, -0.1) is 0 Å². The van der Waals surface area contributed by atoms with Crippen LogP contribution in [0.1, 0.15) is 17.2 Å². The molecule has 0 saturated heterocycles. The molecule has 0 aliphatic carbocycles. The lowest BCUT2D eigenvalue weighted by molar-refractivity contribution is 0.214. The van der Waals surface area contributed by atoms with Crippen LogP contribution in [0.15, 0.2) is 30.3 Å². The van der Waals surface area contributed by atoms with E-state index in [4.69, 9.17) is 27.9 Å². The molecule has 2 aromatic carbocycles. The summed E-state index contributed by atoms with van der Waals surface area (Å²) in [5, 5.41) is 10.0. The molecule has 2 aromatic rings. The molecule has 0 spiro atoms. The van der Waals surface area contributed by atoms with E-state index in [1.54, 1.807) is 0 Å². The number of benzene rings is 2. The van der Waals surface area contributed by atoms with Gasteiger partial charge in [0.05, 0.1) is 17.2 Å². The van der Waals surface area contributed by atoms with Crippen molar-refractivity contribution in [2.75, 3.05) is 7.11 Å². The van der Waals surface area contributed by atoms with E-state index in [1.165, 1.54) is 25.3 Å². The summed E-state index contributed by atoms with van der Waals surface area (Å²) in [4.78, 5) is 0. The van der Waals surface area contributed by atoms with E-state index in [1.807, 2.05) is 0 Å². The van der Waals surface area contributed by atoms with Crippen LogP contribution in [0.5, 0.6) is 5.75 Å². The molecule has 0 radical (unpaired) electrons. The van der Waals surface area contributed by atoms with E-state index in [2.05, 4.69) is 0 Å². The second kappa shape index (κ2) is 5.95. The van der Waals surface area contributed by atoms with Crippen LogP contribution in [-0.4, -0.2) is 12.2 Å². The third-order valence-corrected chi connectivity index (χ3v) is 3.41. The summed E-state index contributed by atoms with van der Waals surface area (Å²) in [5.74, 6) is -1.18. The van der Waals surface area contributed by atoms with Gasteiger partial charge in [-0.1, -0.05) is 29.3 Å². The van der Waals surface area contributed by atoms with Crippen molar-refractivity contribution in [1.29, 1.82) is 0 Å². The largest absolute Gasteiger partial charge is 0.495 e. The molecular formula is C14H10Cl2F2O2. The predicted molar refractivity (Wildman–Crippen MR) is 73.4 cm³/mol. The lowest BCUT2D eigenvalue weighted by Crippen LogP contribution is -2.04. The molecule has 1 unspecified atom stereocenters. The van der Waals surface area contributed by atoms with Crippen molar-refractivity contribution in [3.8, 4) is 5.75 Å². The summed E-state index contributed by atoms with van der Waals surface area (Å²) in [5.41, 5.74) is 0.101. The molecular weight excluding hydrogens is 309 g/mol. The monoisotopic (exact) mass is 318 g/mol. The van der Waals surface area contributed by atoms with Crippen LogP contribution >= 0.6 is 23.2 Å². The third kappa shape index (κ3) is 2.87. The van der Waals surface area contributed by atoms with Gasteiger partial charge in [-0.25, -0.2) is 8.78 Å². The number of aliphatic hydroxyl groups excluding tert-OH is 1. The van der Waals surface area contributed by atoms with Gasteiger partial charge in [0, 0.05) is 5.56 Å². The summed E-state index contributed by atoms with van der Waals surface area (Å²) >= 11 is 11.4. The first-order valence-corrected chi connectivity index (χ1v) is 6.35. The Bertz CT molecular complexity index is 647. The molecule has 6 heteroatoms. The highest BCUT2D eigenvalue weighted by Crippen LogP contribution is 2.32. The van der Waals surface area contributed by atoms with Crippen LogP contribution in [0, 0.1) is 11.6 Å². The van der Waals surface area contributed by atoms with E-state index < -0.39 is 17.7 Å². The summed E-state index contributed by atoms with van der Waals surface area (Å²) in [7, 11) is 1.45. The molecule has 0 heterocycles. The Morgan fingerprint density at radius 2 is 1.75 bits per heavy atom. The zero-order valence-electron chi connectivity index (χ0n) is 10.3. The number of aliphatic hydroxyl groups is 1. The van der Waals surface area contributed by atoms with Crippen LogP contribution < -0.4 is 4.74 Å². The van der Waals surface area contributed by atoms with Gasteiger partial charge in [0.15, 0.2) is 0 Å². The zero-order valence-corrected chi connectivity index (χ0v) is 11.8. The van der Waals surface area contributed by atoms with Crippen LogP contribution in [-0.2, 0) is 0 Å². The predicted octanol–water partition coefficient (Wildman–Crippen LogP) is 4.36. The normalized spacial score (nSPS) is 12.3. The van der Waals surface area contributed by atoms with Gasteiger partial charge in [-0.2, -0.15) is 0 Å². The average molecular weight is 319 g/mol. The van der Waals surface area contributed by atoms with Gasteiger partial charge in [0.25, 0.3) is 0 Å². The van der Waals surface area contributed by atoms with Gasteiger partial charge in [0.2, 0.25) is 0 Å². The minimum Gasteiger partial charge on any atom is -0.495 e. The number of methoxy groups -OCH3 is 1. The van der Waals surface area contributed by atoms with E-state index >= 15 is 0 Å². The SMILES string of the molecule is COc1ccc(C(O)c2cc(F)c(Cl)cc2F)cc1Cl. The Labute approximate surface area is 124 Å². The van der Waals surface area contributed by atoms with Crippen molar-refractivity contribution < 1.29 is 18.6 Å². The Morgan fingerprint density at radius 3 is 2.35 bits per heavy atom. The smallest absolute Gasteiger partial charge is 0.142 e. The maximum atomic E-state index is 13.7. The molecule has 0 bridgehead atoms. The molecule has 0 aliphatic rings. The molecule has 1 N–H and O–H groups in total. The molecule has 2 nitrogen and oxygen atoms in total. The van der Waals surface area contributed by atoms with Gasteiger partial charge < -0.3 is 9.84 Å². The van der Waals surface area contributed by atoms with Crippen molar-refractivity contribution in [2.24, 2.45) is 0 Å². The minimum absolute atomic E-state index is 0.215. The highest BCUT2D eigenvalue weighted by atomic mass is 35.5. The van der Waals surface area contributed by atoms with E-state index in [-0.39, 0.29) is 15.6 Å². The van der Waals surface area contributed by atoms with E-state index in [9.17, 15) is 13.9 Å². The molecule has 0 aliphatic heterocycles. The average Bonchev–Trinajstić information content (AvgIpc) is 2.42. The van der Waals surface area contributed by atoms with Crippen molar-refractivity contribution >= 4 is 23.2 Å². The summed E-state index contributed by atoms with van der Waals surface area (Å²) < 4.78 is 32.1. The standard InChI is InChI=1S/C14H10Cl2F2O2/c1-20-13-3-2-7(4-10(13)16)14(19)8-5-12(18)9(15)6-11(8)17/h2-6,14,19H,1H3. The number of ether oxygens (including phenoxy) is 1. The highest BCUT2D eigenvalue weighted by molar-refractivity contribution is 6.32. The second-order valence-corrected chi connectivity index (χ2v) is 4.90. The van der Waals surface area contributed by atoms with Crippen molar-refractivity contribution in [3.63, 3.8) is 0 Å². The number of hydrogen-bond donors (Lipinski definition) is 1. The first-order valence-electron chi connectivity index (χ1n) is 5.60. The van der Waals surface area contributed by atoms with Gasteiger partial charge in [0.1, 0.15) is 23.5 Å². The first-order chi connectivity index (χ1) is 9.43. The maximum absolute atomic E-state index is 13.7. The Balaban J connectivity index is 2.43. The van der Waals surface area contributed by atoms with Crippen molar-refractivity contribution in [2.45, 2.75) is 6.10 Å². The fourth-order valence-electron chi connectivity index (χ4n) is 1.78. The fourth-order valence-corrected chi connectivity index (χ4v) is 2.20.